The Morgan fingerprint density at radius 1 is 1.30 bits per heavy atom. The van der Waals surface area contributed by atoms with Gasteiger partial charge in [-0.1, -0.05) is 6.07 Å². The van der Waals surface area contributed by atoms with E-state index >= 15 is 0 Å². The van der Waals surface area contributed by atoms with Crippen LogP contribution < -0.4 is 5.73 Å². The number of nitrogens with two attached hydrogens (primary N) is 1. The van der Waals surface area contributed by atoms with E-state index in [0.29, 0.717) is 24.5 Å². The Morgan fingerprint density at radius 3 is 2.95 bits per heavy atom. The molecule has 1 aromatic carbocycles. The Bertz CT molecular complexity index is 617. The molecule has 104 valence electrons. The van der Waals surface area contributed by atoms with Crippen molar-refractivity contribution < 1.29 is 9.63 Å². The quantitative estimate of drug-likeness (QED) is 0.843. The second-order valence-electron chi connectivity index (χ2n) is 4.69. The van der Waals surface area contributed by atoms with Gasteiger partial charge >= 0.3 is 0 Å². The summed E-state index contributed by atoms with van der Waals surface area (Å²) in [7, 11) is 0. The number of benzene rings is 1. The maximum absolute atomic E-state index is 12.2. The number of carbonyl (C=O) groups excluding carboxylic acids is 1. The maximum atomic E-state index is 12.2. The first-order chi connectivity index (χ1) is 9.74. The molecule has 1 aliphatic rings. The van der Waals surface area contributed by atoms with Crippen molar-refractivity contribution >= 4 is 11.6 Å². The molecule has 0 unspecified atom stereocenters. The van der Waals surface area contributed by atoms with Crippen LogP contribution in [0.15, 0.2) is 36.5 Å². The average molecular weight is 272 g/mol. The van der Waals surface area contributed by atoms with E-state index in [1.807, 2.05) is 12.1 Å². The lowest BCUT2D eigenvalue weighted by Crippen LogP contribution is -2.36. The first kappa shape index (κ1) is 12.7. The third-order valence-corrected chi connectivity index (χ3v) is 3.17. The summed E-state index contributed by atoms with van der Waals surface area (Å²) in [6.07, 6.45) is 3.69. The fourth-order valence-electron chi connectivity index (χ4n) is 2.13. The van der Waals surface area contributed by atoms with Crippen molar-refractivity contribution in [1.82, 2.24) is 14.8 Å². The standard InChI is InChI=1S/C14H16N4O2/c15-11-4-3-5-12(10-11)17-8-6-13(16-17)14(19)18-7-1-2-9-20-18/h3-6,8,10H,1-2,7,9,15H2. The monoisotopic (exact) mass is 272 g/mol. The van der Waals surface area contributed by atoms with Crippen LogP contribution in [0.5, 0.6) is 0 Å². The second kappa shape index (κ2) is 5.34. The molecule has 2 N–H and O–H groups in total. The minimum Gasteiger partial charge on any atom is -0.399 e. The molecule has 2 heterocycles. The minimum absolute atomic E-state index is 0.202. The number of aromatic nitrogens is 2. The molecule has 6 nitrogen and oxygen atoms in total. The lowest BCUT2D eigenvalue weighted by atomic mass is 10.3. The summed E-state index contributed by atoms with van der Waals surface area (Å²) >= 11 is 0. The van der Waals surface area contributed by atoms with E-state index in [-0.39, 0.29) is 5.91 Å². The normalized spacial score (nSPS) is 15.3. The maximum Gasteiger partial charge on any atom is 0.297 e. The number of hydrogen-bond donors (Lipinski definition) is 1. The molecule has 2 aromatic rings. The highest BCUT2D eigenvalue weighted by Crippen LogP contribution is 2.14. The Hall–Kier alpha value is -2.34. The lowest BCUT2D eigenvalue weighted by molar-refractivity contribution is -0.144. The van der Waals surface area contributed by atoms with Gasteiger partial charge in [0.1, 0.15) is 0 Å². The molecule has 1 aromatic heterocycles. The van der Waals surface area contributed by atoms with E-state index in [1.165, 1.54) is 5.06 Å². The number of rotatable bonds is 2. The number of carbonyl (C=O) groups is 1. The van der Waals surface area contributed by atoms with Gasteiger partial charge in [0.2, 0.25) is 0 Å². The zero-order chi connectivity index (χ0) is 13.9. The smallest absolute Gasteiger partial charge is 0.297 e. The Balaban J connectivity index is 1.81. The first-order valence-corrected chi connectivity index (χ1v) is 6.60. The van der Waals surface area contributed by atoms with Crippen molar-refractivity contribution in [2.75, 3.05) is 18.9 Å². The molecule has 0 bridgehead atoms. The van der Waals surface area contributed by atoms with Crippen molar-refractivity contribution in [3.8, 4) is 5.69 Å². The molecular weight excluding hydrogens is 256 g/mol. The third kappa shape index (κ3) is 2.50. The summed E-state index contributed by atoms with van der Waals surface area (Å²) in [5.74, 6) is -0.202. The van der Waals surface area contributed by atoms with Crippen LogP contribution in [0.2, 0.25) is 0 Å². The summed E-state index contributed by atoms with van der Waals surface area (Å²) < 4.78 is 1.63. The van der Waals surface area contributed by atoms with Gasteiger partial charge in [0.15, 0.2) is 5.69 Å². The van der Waals surface area contributed by atoms with Crippen LogP contribution >= 0.6 is 0 Å². The number of anilines is 1. The lowest BCUT2D eigenvalue weighted by Gasteiger charge is -2.24. The van der Waals surface area contributed by atoms with Crippen LogP contribution in [-0.4, -0.2) is 33.9 Å². The highest BCUT2D eigenvalue weighted by atomic mass is 16.7. The van der Waals surface area contributed by atoms with E-state index in [9.17, 15) is 4.79 Å². The Labute approximate surface area is 116 Å². The summed E-state index contributed by atoms with van der Waals surface area (Å²) in [6, 6.07) is 9.03. The number of amides is 1. The molecule has 1 saturated heterocycles. The largest absolute Gasteiger partial charge is 0.399 e. The molecule has 1 fully saturated rings. The SMILES string of the molecule is Nc1cccc(-n2ccc(C(=O)N3CCCCO3)n2)c1. The highest BCUT2D eigenvalue weighted by Gasteiger charge is 2.21. The Morgan fingerprint density at radius 2 is 2.20 bits per heavy atom. The van der Waals surface area contributed by atoms with Gasteiger partial charge in [0, 0.05) is 18.4 Å². The van der Waals surface area contributed by atoms with E-state index in [1.54, 1.807) is 29.1 Å². The predicted molar refractivity (Wildman–Crippen MR) is 74.2 cm³/mol. The van der Waals surface area contributed by atoms with Crippen molar-refractivity contribution in [1.29, 1.82) is 0 Å². The zero-order valence-corrected chi connectivity index (χ0v) is 11.0. The van der Waals surface area contributed by atoms with Crippen LogP contribution in [0.3, 0.4) is 0 Å². The second-order valence-corrected chi connectivity index (χ2v) is 4.69. The summed E-state index contributed by atoms with van der Waals surface area (Å²) in [6.45, 7) is 1.20. The number of nitrogens with zero attached hydrogens (tertiary/aromatic N) is 3. The Kier molecular flexibility index (Phi) is 3.39. The van der Waals surface area contributed by atoms with Crippen LogP contribution in [-0.2, 0) is 4.84 Å². The van der Waals surface area contributed by atoms with Gasteiger partial charge < -0.3 is 5.73 Å². The van der Waals surface area contributed by atoms with Gasteiger partial charge in [-0.2, -0.15) is 5.10 Å². The van der Waals surface area contributed by atoms with Gasteiger partial charge in [-0.15, -0.1) is 0 Å². The number of nitrogen functional groups attached to an aromatic ring is 1. The van der Waals surface area contributed by atoms with Gasteiger partial charge in [0.05, 0.1) is 12.3 Å². The van der Waals surface area contributed by atoms with Crippen LogP contribution in [0, 0.1) is 0 Å². The van der Waals surface area contributed by atoms with Crippen molar-refractivity contribution in [2.45, 2.75) is 12.8 Å². The van der Waals surface area contributed by atoms with Crippen molar-refractivity contribution in [2.24, 2.45) is 0 Å². The van der Waals surface area contributed by atoms with Crippen molar-refractivity contribution in [3.05, 3.63) is 42.2 Å². The summed E-state index contributed by atoms with van der Waals surface area (Å²) in [5, 5.41) is 5.67. The highest BCUT2D eigenvalue weighted by molar-refractivity contribution is 5.91. The molecule has 0 spiro atoms. The average Bonchev–Trinajstić information content (AvgIpc) is 2.97. The molecule has 0 saturated carbocycles. The van der Waals surface area contributed by atoms with Crippen molar-refractivity contribution in [3.63, 3.8) is 0 Å². The molecule has 0 aliphatic carbocycles. The van der Waals surface area contributed by atoms with Crippen LogP contribution in [0.25, 0.3) is 5.69 Å². The molecule has 0 atom stereocenters. The van der Waals surface area contributed by atoms with Crippen LogP contribution in [0.1, 0.15) is 23.3 Å². The predicted octanol–water partition coefficient (Wildman–Crippen LogP) is 1.62. The molecule has 1 amide bonds. The molecule has 1 aliphatic heterocycles. The molecular formula is C14H16N4O2. The third-order valence-electron chi connectivity index (χ3n) is 3.17. The van der Waals surface area contributed by atoms with E-state index in [0.717, 1.165) is 18.5 Å². The number of hydroxylamine groups is 2. The van der Waals surface area contributed by atoms with E-state index in [4.69, 9.17) is 10.6 Å². The summed E-state index contributed by atoms with van der Waals surface area (Å²) in [5.41, 5.74) is 7.59. The minimum atomic E-state index is -0.202. The van der Waals surface area contributed by atoms with E-state index < -0.39 is 0 Å². The van der Waals surface area contributed by atoms with Gasteiger partial charge in [0.25, 0.3) is 5.91 Å². The fourth-order valence-corrected chi connectivity index (χ4v) is 2.13. The van der Waals surface area contributed by atoms with Crippen LogP contribution in [0.4, 0.5) is 5.69 Å². The zero-order valence-electron chi connectivity index (χ0n) is 11.0. The van der Waals surface area contributed by atoms with E-state index in [2.05, 4.69) is 5.10 Å². The first-order valence-electron chi connectivity index (χ1n) is 6.60. The van der Waals surface area contributed by atoms with Gasteiger partial charge in [-0.05, 0) is 37.1 Å². The van der Waals surface area contributed by atoms with Gasteiger partial charge in [-0.25, -0.2) is 9.75 Å². The van der Waals surface area contributed by atoms with Gasteiger partial charge in [-0.3, -0.25) is 9.63 Å². The topological polar surface area (TPSA) is 73.4 Å². The summed E-state index contributed by atoms with van der Waals surface area (Å²) in [4.78, 5) is 17.6. The molecule has 6 heteroatoms. The molecule has 0 radical (unpaired) electrons. The molecule has 20 heavy (non-hydrogen) atoms. The fraction of sp³-hybridized carbons (Fsp3) is 0.286. The molecule has 3 rings (SSSR count). The number of hydrogen-bond acceptors (Lipinski definition) is 4.